The lowest BCUT2D eigenvalue weighted by Gasteiger charge is -2.34. The molecule has 0 radical (unpaired) electrons. The average Bonchev–Trinajstić information content (AvgIpc) is 3.66. The molecule has 2 aliphatic rings. The second-order valence-corrected chi connectivity index (χ2v) is 10.4. The van der Waals surface area contributed by atoms with Crippen molar-refractivity contribution in [2.45, 2.75) is 44.8 Å². The van der Waals surface area contributed by atoms with Gasteiger partial charge < -0.3 is 10.2 Å². The Bertz CT molecular complexity index is 1710. The molecule has 3 atom stereocenters. The summed E-state index contributed by atoms with van der Waals surface area (Å²) in [5.41, 5.74) is 2.28. The van der Waals surface area contributed by atoms with Crippen molar-refractivity contribution in [1.82, 2.24) is 29.6 Å². The highest BCUT2D eigenvalue weighted by atomic mass is 35.5. The highest BCUT2D eigenvalue weighted by Crippen LogP contribution is 2.43. The molecule has 2 bridgehead atoms. The van der Waals surface area contributed by atoms with E-state index in [4.69, 9.17) is 16.9 Å². The molecule has 1 aliphatic carbocycles. The Morgan fingerprint density at radius 3 is 2.65 bits per heavy atom. The fourth-order valence-corrected chi connectivity index (χ4v) is 6.01. The standard InChI is InChI=1S/C28H23ClN8O3/c1-15(38)26-20-10-16(18-12-31-24(11-30)32-13-18)6-8-21(20)36(35-26)14-25(39)37-19-7-5-17(9-19)27(37)28(40)34-23-4-2-3-22(29)33-23/h2-4,6,8,10,12-13,17,19,27H,5,7,9,14H2,1H3,(H,33,34,40)/t17-,19+,27-/m0/s1. The van der Waals surface area contributed by atoms with Gasteiger partial charge in [-0.2, -0.15) is 10.4 Å². The number of piperidine rings is 1. The van der Waals surface area contributed by atoms with Gasteiger partial charge in [0.05, 0.1) is 5.52 Å². The number of rotatable bonds is 6. The predicted octanol–water partition coefficient (Wildman–Crippen LogP) is 3.63. The number of ketones is 1. The third-order valence-electron chi connectivity index (χ3n) is 7.56. The van der Waals surface area contributed by atoms with Gasteiger partial charge in [-0.05, 0) is 55.0 Å². The molecule has 200 valence electrons. The van der Waals surface area contributed by atoms with Crippen LogP contribution in [0.3, 0.4) is 0 Å². The molecule has 4 aromatic rings. The summed E-state index contributed by atoms with van der Waals surface area (Å²) in [7, 11) is 0. The van der Waals surface area contributed by atoms with Gasteiger partial charge >= 0.3 is 0 Å². The SMILES string of the molecule is CC(=O)c1nn(CC(=O)N2[C@@H]3CC[C@@H](C3)[C@H]2C(=O)Nc2cccc(Cl)n2)c2ccc(-c3cnc(C#N)nc3)cc12. The summed E-state index contributed by atoms with van der Waals surface area (Å²) in [5, 5.41) is 17.1. The summed E-state index contributed by atoms with van der Waals surface area (Å²) in [6, 6.07) is 11.6. The zero-order valence-corrected chi connectivity index (χ0v) is 22.2. The monoisotopic (exact) mass is 554 g/mol. The number of Topliss-reactive ketones (excluding diaryl/α,β-unsaturated/α-hetero) is 1. The van der Waals surface area contributed by atoms with Crippen LogP contribution in [-0.2, 0) is 16.1 Å². The average molecular weight is 555 g/mol. The van der Waals surface area contributed by atoms with E-state index < -0.39 is 6.04 Å². The fraction of sp³-hybridized carbons (Fsp3) is 0.286. The number of carbonyl (C=O) groups is 3. The molecule has 1 saturated carbocycles. The van der Waals surface area contributed by atoms with E-state index in [1.54, 1.807) is 47.6 Å². The molecule has 40 heavy (non-hydrogen) atoms. The number of benzene rings is 1. The number of nitrogens with one attached hydrogen (secondary N) is 1. The van der Waals surface area contributed by atoms with Crippen LogP contribution in [0.4, 0.5) is 5.82 Å². The van der Waals surface area contributed by atoms with Crippen LogP contribution in [-0.4, -0.2) is 59.3 Å². The van der Waals surface area contributed by atoms with Crippen molar-refractivity contribution in [3.63, 3.8) is 0 Å². The first-order valence-electron chi connectivity index (χ1n) is 12.8. The first kappa shape index (κ1) is 25.6. The fourth-order valence-electron chi connectivity index (χ4n) is 5.85. The minimum Gasteiger partial charge on any atom is -0.326 e. The largest absolute Gasteiger partial charge is 0.326 e. The quantitative estimate of drug-likeness (QED) is 0.281. The van der Waals surface area contributed by atoms with Gasteiger partial charge in [0, 0.05) is 36.3 Å². The van der Waals surface area contributed by atoms with Crippen LogP contribution in [0.2, 0.25) is 5.15 Å². The van der Waals surface area contributed by atoms with E-state index in [0.717, 1.165) is 24.8 Å². The Hall–Kier alpha value is -4.69. The Balaban J connectivity index is 1.28. The number of nitriles is 1. The molecule has 1 aromatic carbocycles. The van der Waals surface area contributed by atoms with Crippen LogP contribution < -0.4 is 5.32 Å². The molecule has 1 saturated heterocycles. The minimum absolute atomic E-state index is 0.0299. The summed E-state index contributed by atoms with van der Waals surface area (Å²) >= 11 is 5.97. The molecule has 11 nitrogen and oxygen atoms in total. The molecule has 4 heterocycles. The highest BCUT2D eigenvalue weighted by Gasteiger charge is 2.51. The molecule has 2 fully saturated rings. The van der Waals surface area contributed by atoms with E-state index in [1.807, 2.05) is 12.1 Å². The number of carbonyl (C=O) groups excluding carboxylic acids is 3. The zero-order valence-electron chi connectivity index (χ0n) is 21.4. The molecule has 12 heteroatoms. The van der Waals surface area contributed by atoms with Crippen molar-refractivity contribution in [2.24, 2.45) is 5.92 Å². The summed E-state index contributed by atoms with van der Waals surface area (Å²) < 4.78 is 1.52. The van der Waals surface area contributed by atoms with Crippen molar-refractivity contribution >= 4 is 45.9 Å². The van der Waals surface area contributed by atoms with E-state index in [0.29, 0.717) is 22.3 Å². The molecule has 1 aliphatic heterocycles. The third-order valence-corrected chi connectivity index (χ3v) is 7.77. The number of pyridine rings is 1. The first-order chi connectivity index (χ1) is 19.3. The molecule has 1 N–H and O–H groups in total. The maximum absolute atomic E-state index is 13.7. The summed E-state index contributed by atoms with van der Waals surface area (Å²) in [4.78, 5) is 53.4. The molecular weight excluding hydrogens is 532 g/mol. The molecule has 0 unspecified atom stereocenters. The number of hydrogen-bond donors (Lipinski definition) is 1. The predicted molar refractivity (Wildman–Crippen MR) is 145 cm³/mol. The van der Waals surface area contributed by atoms with Gasteiger partial charge in [0.25, 0.3) is 0 Å². The number of halogens is 1. The number of aromatic nitrogens is 5. The van der Waals surface area contributed by atoms with Crippen molar-refractivity contribution < 1.29 is 14.4 Å². The van der Waals surface area contributed by atoms with E-state index in [-0.39, 0.29) is 52.8 Å². The molecule has 0 spiro atoms. The Labute approximate surface area is 233 Å². The Kier molecular flexibility index (Phi) is 6.48. The Morgan fingerprint density at radius 2 is 1.93 bits per heavy atom. The van der Waals surface area contributed by atoms with Crippen LogP contribution in [0.25, 0.3) is 22.0 Å². The molecule has 2 amide bonds. The number of fused-ring (bicyclic) bond motifs is 3. The summed E-state index contributed by atoms with van der Waals surface area (Å²) in [6.07, 6.45) is 5.56. The minimum atomic E-state index is -0.621. The Morgan fingerprint density at radius 1 is 1.12 bits per heavy atom. The topological polar surface area (TPSA) is 147 Å². The third kappa shape index (κ3) is 4.56. The van der Waals surface area contributed by atoms with Gasteiger partial charge in [-0.25, -0.2) is 15.0 Å². The second kappa shape index (κ2) is 10.1. The number of nitrogens with zero attached hydrogens (tertiary/aromatic N) is 7. The van der Waals surface area contributed by atoms with E-state index >= 15 is 0 Å². The van der Waals surface area contributed by atoms with E-state index in [2.05, 4.69) is 25.4 Å². The highest BCUT2D eigenvalue weighted by molar-refractivity contribution is 6.29. The first-order valence-corrected chi connectivity index (χ1v) is 13.2. The smallest absolute Gasteiger partial charge is 0.248 e. The van der Waals surface area contributed by atoms with E-state index in [9.17, 15) is 14.4 Å². The molecule has 3 aromatic heterocycles. The van der Waals surface area contributed by atoms with Crippen LogP contribution >= 0.6 is 11.6 Å². The van der Waals surface area contributed by atoms with Gasteiger partial charge in [0.1, 0.15) is 35.3 Å². The maximum atomic E-state index is 13.7. The number of likely N-dealkylation sites (tertiary alicyclic amines) is 1. The lowest BCUT2D eigenvalue weighted by Crippen LogP contribution is -2.52. The normalized spacial score (nSPS) is 19.5. The van der Waals surface area contributed by atoms with Crippen LogP contribution in [0.5, 0.6) is 0 Å². The lowest BCUT2D eigenvalue weighted by molar-refractivity contribution is -0.141. The number of hydrogen-bond acceptors (Lipinski definition) is 8. The van der Waals surface area contributed by atoms with E-state index in [1.165, 1.54) is 11.6 Å². The zero-order chi connectivity index (χ0) is 28.0. The lowest BCUT2D eigenvalue weighted by atomic mass is 9.97. The van der Waals surface area contributed by atoms with Crippen molar-refractivity contribution in [3.05, 3.63) is 65.5 Å². The van der Waals surface area contributed by atoms with Crippen molar-refractivity contribution in [1.29, 1.82) is 5.26 Å². The number of anilines is 1. The van der Waals surface area contributed by atoms with Crippen molar-refractivity contribution in [3.8, 4) is 17.2 Å². The second-order valence-electron chi connectivity index (χ2n) is 10.0. The number of amides is 2. The maximum Gasteiger partial charge on any atom is 0.248 e. The summed E-state index contributed by atoms with van der Waals surface area (Å²) in [5.74, 6) is -0.314. The van der Waals surface area contributed by atoms with Crippen LogP contribution in [0.15, 0.2) is 48.8 Å². The van der Waals surface area contributed by atoms with Crippen LogP contribution in [0, 0.1) is 17.2 Å². The van der Waals surface area contributed by atoms with Gasteiger partial charge in [-0.15, -0.1) is 0 Å². The van der Waals surface area contributed by atoms with Gasteiger partial charge in [0.15, 0.2) is 5.78 Å². The molecule has 6 rings (SSSR count). The van der Waals surface area contributed by atoms with Gasteiger partial charge in [0.2, 0.25) is 17.6 Å². The molecular formula is C28H23ClN8O3. The van der Waals surface area contributed by atoms with Gasteiger partial charge in [-0.3, -0.25) is 19.1 Å². The van der Waals surface area contributed by atoms with Gasteiger partial charge in [-0.1, -0.05) is 23.7 Å². The van der Waals surface area contributed by atoms with Crippen molar-refractivity contribution in [2.75, 3.05) is 5.32 Å². The van der Waals surface area contributed by atoms with Crippen LogP contribution in [0.1, 0.15) is 42.5 Å². The summed E-state index contributed by atoms with van der Waals surface area (Å²) in [6.45, 7) is 1.31.